The third-order valence-corrected chi connectivity index (χ3v) is 4.85. The van der Waals surface area contributed by atoms with Crippen molar-refractivity contribution in [1.82, 2.24) is 15.5 Å². The van der Waals surface area contributed by atoms with Gasteiger partial charge in [0.25, 0.3) is 0 Å². The lowest BCUT2D eigenvalue weighted by molar-refractivity contribution is 0.215. The fourth-order valence-electron chi connectivity index (χ4n) is 2.71. The van der Waals surface area contributed by atoms with E-state index in [0.29, 0.717) is 19.0 Å². The number of rotatable bonds is 7. The molecule has 2 N–H and O–H groups in total. The maximum Gasteiger partial charge on any atom is 0.191 e. The normalized spacial score (nSPS) is 18.1. The largest absolute Gasteiger partial charge is 0.468 e. The Kier molecular flexibility index (Phi) is 6.47. The molecule has 1 unspecified atom stereocenters. The van der Waals surface area contributed by atoms with E-state index < -0.39 is 9.84 Å². The van der Waals surface area contributed by atoms with E-state index >= 15 is 0 Å². The topological polar surface area (TPSA) is 86.9 Å². The Morgan fingerprint density at radius 2 is 2.13 bits per heavy atom. The number of guanidine groups is 1. The second-order valence-electron chi connectivity index (χ2n) is 5.78. The predicted molar refractivity (Wildman–Crippen MR) is 91.3 cm³/mol. The number of sulfone groups is 1. The van der Waals surface area contributed by atoms with Gasteiger partial charge in [-0.2, -0.15) is 0 Å². The van der Waals surface area contributed by atoms with Crippen LogP contribution in [0, 0.1) is 0 Å². The molecule has 1 aliphatic rings. The van der Waals surface area contributed by atoms with Crippen LogP contribution in [0.4, 0.5) is 0 Å². The first-order valence-corrected chi connectivity index (χ1v) is 9.95. The molecule has 1 fully saturated rings. The molecule has 1 saturated heterocycles. The summed E-state index contributed by atoms with van der Waals surface area (Å²) in [7, 11) is -1.30. The molecule has 23 heavy (non-hydrogen) atoms. The Morgan fingerprint density at radius 1 is 1.39 bits per heavy atom. The third-order valence-electron chi connectivity index (χ3n) is 3.90. The van der Waals surface area contributed by atoms with Crippen molar-refractivity contribution < 1.29 is 12.8 Å². The molecule has 1 aromatic heterocycles. The fourth-order valence-corrected chi connectivity index (χ4v) is 3.19. The quantitative estimate of drug-likeness (QED) is 0.558. The van der Waals surface area contributed by atoms with Gasteiger partial charge in [0.2, 0.25) is 0 Å². The van der Waals surface area contributed by atoms with Crippen molar-refractivity contribution in [3.05, 3.63) is 24.2 Å². The molecule has 0 radical (unpaired) electrons. The summed E-state index contributed by atoms with van der Waals surface area (Å²) >= 11 is 0. The van der Waals surface area contributed by atoms with Crippen molar-refractivity contribution in [2.45, 2.75) is 18.9 Å². The van der Waals surface area contributed by atoms with Crippen LogP contribution in [0.15, 0.2) is 27.8 Å². The summed E-state index contributed by atoms with van der Waals surface area (Å²) in [6.07, 6.45) is 5.33. The first kappa shape index (κ1) is 17.8. The molecule has 2 heterocycles. The van der Waals surface area contributed by atoms with Gasteiger partial charge in [-0.15, -0.1) is 0 Å². The number of hydrogen-bond donors (Lipinski definition) is 2. The highest BCUT2D eigenvalue weighted by molar-refractivity contribution is 7.90. The number of nitrogens with one attached hydrogen (secondary N) is 2. The molecule has 2 rings (SSSR count). The van der Waals surface area contributed by atoms with Crippen molar-refractivity contribution in [3.8, 4) is 0 Å². The number of nitrogens with zero attached hydrogens (tertiary/aromatic N) is 2. The van der Waals surface area contributed by atoms with E-state index in [9.17, 15) is 8.42 Å². The van der Waals surface area contributed by atoms with Crippen LogP contribution >= 0.6 is 0 Å². The van der Waals surface area contributed by atoms with Crippen molar-refractivity contribution in [2.75, 3.05) is 45.2 Å². The first-order chi connectivity index (χ1) is 11.0. The minimum Gasteiger partial charge on any atom is -0.468 e. The second kappa shape index (κ2) is 8.35. The highest BCUT2D eigenvalue weighted by atomic mass is 32.2. The molecule has 1 atom stereocenters. The van der Waals surface area contributed by atoms with Crippen LogP contribution in [0.5, 0.6) is 0 Å². The minimum atomic E-state index is -2.98. The van der Waals surface area contributed by atoms with Gasteiger partial charge in [-0.05, 0) is 38.1 Å². The van der Waals surface area contributed by atoms with Crippen molar-refractivity contribution in [3.63, 3.8) is 0 Å². The highest BCUT2D eigenvalue weighted by Gasteiger charge is 2.25. The van der Waals surface area contributed by atoms with E-state index in [2.05, 4.69) is 20.5 Å². The monoisotopic (exact) mass is 342 g/mol. The molecule has 1 aliphatic heterocycles. The van der Waals surface area contributed by atoms with E-state index in [1.54, 1.807) is 13.3 Å². The van der Waals surface area contributed by atoms with E-state index in [1.165, 1.54) is 19.1 Å². The van der Waals surface area contributed by atoms with Gasteiger partial charge in [-0.1, -0.05) is 0 Å². The summed E-state index contributed by atoms with van der Waals surface area (Å²) in [4.78, 5) is 6.54. The predicted octanol–water partition coefficient (Wildman–Crippen LogP) is 0.626. The zero-order valence-electron chi connectivity index (χ0n) is 13.8. The fraction of sp³-hybridized carbons (Fsp3) is 0.667. The Labute approximate surface area is 138 Å². The van der Waals surface area contributed by atoms with Crippen LogP contribution in [0.2, 0.25) is 0 Å². The number of likely N-dealkylation sites (tertiary alicyclic amines) is 1. The van der Waals surface area contributed by atoms with Gasteiger partial charge in [0.15, 0.2) is 5.96 Å². The van der Waals surface area contributed by atoms with Crippen LogP contribution in [-0.4, -0.2) is 64.5 Å². The molecule has 0 aliphatic carbocycles. The molecule has 1 aromatic rings. The van der Waals surface area contributed by atoms with Crippen LogP contribution in [0.3, 0.4) is 0 Å². The summed E-state index contributed by atoms with van der Waals surface area (Å²) in [5, 5.41) is 6.29. The Bertz CT molecular complexity index is 592. The molecular formula is C15H26N4O3S. The second-order valence-corrected chi connectivity index (χ2v) is 8.04. The molecule has 0 saturated carbocycles. The molecule has 0 bridgehead atoms. The molecule has 0 aromatic carbocycles. The zero-order valence-corrected chi connectivity index (χ0v) is 14.6. The highest BCUT2D eigenvalue weighted by Crippen LogP contribution is 2.24. The molecule has 0 amide bonds. The van der Waals surface area contributed by atoms with Crippen molar-refractivity contribution in [1.29, 1.82) is 0 Å². The summed E-state index contributed by atoms with van der Waals surface area (Å²) < 4.78 is 27.9. The van der Waals surface area contributed by atoms with E-state index in [1.807, 2.05) is 12.1 Å². The average Bonchev–Trinajstić information content (AvgIpc) is 3.18. The number of hydrogen-bond acceptors (Lipinski definition) is 5. The molecule has 0 spiro atoms. The van der Waals surface area contributed by atoms with Gasteiger partial charge in [-0.3, -0.25) is 9.89 Å². The van der Waals surface area contributed by atoms with Crippen LogP contribution in [-0.2, 0) is 9.84 Å². The Hall–Kier alpha value is -1.54. The molecule has 7 nitrogen and oxygen atoms in total. The molecular weight excluding hydrogens is 316 g/mol. The van der Waals surface area contributed by atoms with E-state index in [4.69, 9.17) is 4.42 Å². The SMILES string of the molecule is CN=C(NCCS(C)(=O)=O)NCC(c1ccco1)N1CCCC1. The summed E-state index contributed by atoms with van der Waals surface area (Å²) in [6, 6.07) is 4.04. The Balaban J connectivity index is 1.89. The lowest BCUT2D eigenvalue weighted by atomic mass is 10.2. The summed E-state index contributed by atoms with van der Waals surface area (Å²) in [5.74, 6) is 1.62. The number of aliphatic imine (C=N–C) groups is 1. The molecule has 8 heteroatoms. The van der Waals surface area contributed by atoms with Crippen LogP contribution < -0.4 is 10.6 Å². The maximum absolute atomic E-state index is 11.2. The molecule has 130 valence electrons. The Morgan fingerprint density at radius 3 is 2.70 bits per heavy atom. The van der Waals surface area contributed by atoms with Gasteiger partial charge in [0.1, 0.15) is 15.6 Å². The van der Waals surface area contributed by atoms with Gasteiger partial charge >= 0.3 is 0 Å². The average molecular weight is 342 g/mol. The maximum atomic E-state index is 11.2. The smallest absolute Gasteiger partial charge is 0.191 e. The standard InChI is InChI=1S/C15H26N4O3S/c1-16-15(17-7-11-23(2,20)21)18-12-13(14-6-5-10-22-14)19-8-3-4-9-19/h5-6,10,13H,3-4,7-9,11-12H2,1-2H3,(H2,16,17,18). The van der Waals surface area contributed by atoms with Crippen molar-refractivity contribution in [2.24, 2.45) is 4.99 Å². The van der Waals surface area contributed by atoms with Gasteiger partial charge < -0.3 is 15.1 Å². The van der Waals surface area contributed by atoms with E-state index in [-0.39, 0.29) is 11.8 Å². The van der Waals surface area contributed by atoms with Crippen LogP contribution in [0.25, 0.3) is 0 Å². The minimum absolute atomic E-state index is 0.0848. The first-order valence-electron chi connectivity index (χ1n) is 7.89. The summed E-state index contributed by atoms with van der Waals surface area (Å²) in [5.41, 5.74) is 0. The zero-order chi connectivity index (χ0) is 16.7. The van der Waals surface area contributed by atoms with Gasteiger partial charge in [0.05, 0.1) is 18.1 Å². The van der Waals surface area contributed by atoms with Gasteiger partial charge in [0, 0.05) is 26.4 Å². The van der Waals surface area contributed by atoms with E-state index in [0.717, 1.165) is 18.8 Å². The summed E-state index contributed by atoms with van der Waals surface area (Å²) in [6.45, 7) is 3.13. The lowest BCUT2D eigenvalue weighted by Gasteiger charge is -2.26. The number of furan rings is 1. The third kappa shape index (κ3) is 5.87. The van der Waals surface area contributed by atoms with Crippen molar-refractivity contribution >= 4 is 15.8 Å². The van der Waals surface area contributed by atoms with Crippen LogP contribution in [0.1, 0.15) is 24.6 Å². The lowest BCUT2D eigenvalue weighted by Crippen LogP contribution is -2.43. The van der Waals surface area contributed by atoms with Gasteiger partial charge in [-0.25, -0.2) is 8.42 Å².